The first-order chi connectivity index (χ1) is 19.7. The van der Waals surface area contributed by atoms with Crippen molar-refractivity contribution in [1.82, 2.24) is 0 Å². The quantitative estimate of drug-likeness (QED) is 0.153. The Morgan fingerprint density at radius 2 is 0.786 bits per heavy atom. The maximum Gasteiger partial charge on any atom is 1.16 e. The minimum Gasteiger partial charge on any atom is -0.387 e. The Morgan fingerprint density at radius 3 is 1.10 bits per heavy atom. The number of hydrogen-bond acceptors (Lipinski definition) is 2. The molecular formula is C30H26BCl6O4Sb. The first-order valence-electron chi connectivity index (χ1n) is 13.1. The van der Waals surface area contributed by atoms with E-state index in [0.29, 0.717) is 12.8 Å². The summed E-state index contributed by atoms with van der Waals surface area (Å²) in [6.07, 6.45) is 0.625. The minimum atomic E-state index is -5.42. The van der Waals surface area contributed by atoms with Gasteiger partial charge in [-0.2, -0.15) is 0 Å². The van der Waals surface area contributed by atoms with Crippen LogP contribution in [-0.4, -0.2) is 27.7 Å². The number of carbonyl (C=O) groups excluding carboxylic acids is 2. The molecule has 2 unspecified atom stereocenters. The third-order valence-corrected chi connectivity index (χ3v) is 6.51. The van der Waals surface area contributed by atoms with Gasteiger partial charge in [-0.15, -0.1) is 0 Å². The van der Waals surface area contributed by atoms with Gasteiger partial charge >= 0.3 is 69.1 Å². The summed E-state index contributed by atoms with van der Waals surface area (Å²) < 4.78 is 26.3. The van der Waals surface area contributed by atoms with Crippen LogP contribution in [0.1, 0.15) is 56.0 Å². The van der Waals surface area contributed by atoms with Gasteiger partial charge in [-0.3, -0.25) is 0 Å². The Hall–Kier alpha value is -1.24. The molecule has 0 aromatic heterocycles. The van der Waals surface area contributed by atoms with Crippen molar-refractivity contribution < 1.29 is 18.0 Å². The summed E-state index contributed by atoms with van der Waals surface area (Å²) in [6.45, 7) is -2.58. The van der Waals surface area contributed by atoms with E-state index < -0.39 is 16.1 Å². The summed E-state index contributed by atoms with van der Waals surface area (Å²) in [6, 6.07) is 40.6. The molecule has 0 saturated heterocycles. The van der Waals surface area contributed by atoms with E-state index in [4.69, 9.17) is 71.0 Å². The SMILES string of the molecule is [Cl][Sb-]([Cl])([Cl])([Cl])([Cl])[Cl].c1ccc(C2=[O+][B-]3(OC(c4ccccc4)C2)OC(c2ccccc2)CC(c2ccccc2)=[O+]3)cc1. The van der Waals surface area contributed by atoms with Gasteiger partial charge in [-0.05, 0) is 35.4 Å². The van der Waals surface area contributed by atoms with Crippen LogP contribution in [0.3, 0.4) is 0 Å². The van der Waals surface area contributed by atoms with Crippen molar-refractivity contribution in [3.63, 3.8) is 0 Å². The molecule has 2 atom stereocenters. The molecular weight excluding hydrogens is 770 g/mol. The van der Waals surface area contributed by atoms with Crippen LogP contribution in [-0.2, 0) is 9.31 Å². The fourth-order valence-electron chi connectivity index (χ4n) is 4.80. The maximum atomic E-state index is 6.61. The van der Waals surface area contributed by atoms with E-state index in [1.165, 1.54) is 0 Å². The number of benzene rings is 4. The fraction of sp³-hybridized carbons (Fsp3) is 0.133. The van der Waals surface area contributed by atoms with E-state index in [1.807, 2.05) is 97.1 Å². The molecule has 0 N–H and O–H groups in total. The molecule has 0 radical (unpaired) electrons. The predicted molar refractivity (Wildman–Crippen MR) is 178 cm³/mol. The third-order valence-electron chi connectivity index (χ3n) is 6.51. The van der Waals surface area contributed by atoms with Gasteiger partial charge in [0, 0.05) is 0 Å². The molecule has 0 aliphatic carbocycles. The van der Waals surface area contributed by atoms with Gasteiger partial charge in [0.2, 0.25) is 0 Å². The van der Waals surface area contributed by atoms with Crippen LogP contribution in [0.2, 0.25) is 0 Å². The molecule has 0 amide bonds. The zero-order chi connectivity index (χ0) is 29.9. The zero-order valence-electron chi connectivity index (χ0n) is 22.0. The largest absolute Gasteiger partial charge is 1.16 e. The molecule has 2 heterocycles. The first kappa shape index (κ1) is 32.2. The van der Waals surface area contributed by atoms with Gasteiger partial charge in [0.1, 0.15) is 0 Å². The first-order valence-corrected chi connectivity index (χ1v) is 32.5. The molecule has 4 nitrogen and oxygen atoms in total. The van der Waals surface area contributed by atoms with Crippen molar-refractivity contribution in [3.05, 3.63) is 144 Å². The number of ketones is 2. The fourth-order valence-corrected chi connectivity index (χ4v) is 4.80. The minimum absolute atomic E-state index is 0.272. The molecule has 1 spiro atoms. The normalized spacial score (nSPS) is 23.9. The van der Waals surface area contributed by atoms with Crippen LogP contribution in [0, 0.1) is 0 Å². The molecule has 0 fully saturated rings. The van der Waals surface area contributed by atoms with Crippen LogP contribution in [0.5, 0.6) is 0 Å². The summed E-state index contributed by atoms with van der Waals surface area (Å²) in [7, 11) is 25.0. The Balaban J connectivity index is 0.000000451. The van der Waals surface area contributed by atoms with Crippen LogP contribution >= 0.6 is 53.0 Å². The summed E-state index contributed by atoms with van der Waals surface area (Å²) in [5, 5.41) is 0. The Bertz CT molecular complexity index is 1450. The summed E-state index contributed by atoms with van der Waals surface area (Å²) in [5.74, 6) is 1.60. The predicted octanol–water partition coefficient (Wildman–Crippen LogP) is 10.3. The van der Waals surface area contributed by atoms with Crippen molar-refractivity contribution in [2.75, 3.05) is 0 Å². The van der Waals surface area contributed by atoms with E-state index in [2.05, 4.69) is 24.3 Å². The maximum absolute atomic E-state index is 6.61. The Morgan fingerprint density at radius 1 is 0.500 bits per heavy atom. The van der Waals surface area contributed by atoms with Gasteiger partial charge in [-0.1, -0.05) is 97.1 Å². The average molecular weight is 796 g/mol. The molecule has 2 aliphatic heterocycles. The second-order valence-corrected chi connectivity index (χ2v) is 66.7. The van der Waals surface area contributed by atoms with Crippen LogP contribution in [0.15, 0.2) is 121 Å². The van der Waals surface area contributed by atoms with E-state index >= 15 is 0 Å². The smallest absolute Gasteiger partial charge is 0.387 e. The number of hydrogen-bond donors (Lipinski definition) is 0. The molecule has 4 aromatic carbocycles. The van der Waals surface area contributed by atoms with Gasteiger partial charge in [0.15, 0.2) is 0 Å². The van der Waals surface area contributed by atoms with Crippen LogP contribution < -0.4 is 0 Å². The van der Waals surface area contributed by atoms with Crippen molar-refractivity contribution in [1.29, 1.82) is 0 Å². The van der Waals surface area contributed by atoms with E-state index in [-0.39, 0.29) is 12.2 Å². The van der Waals surface area contributed by atoms with Gasteiger partial charge < -0.3 is 18.0 Å². The molecule has 42 heavy (non-hydrogen) atoms. The standard InChI is InChI=1S/C30H26BO4.6ClH.Sb/c1-5-13-23(14-6-1)27-21-28(24-15-7-2-8-16-24)33-31(32-27)34-29(25-17-9-3-10-18-25)22-30(35-31)26-19-11-4-12-20-26;;;;;;;/h1-20,27,29H,21-22H2;6*1H;/q+1;;;;;;;+5/p-6. The van der Waals surface area contributed by atoms with Crippen LogP contribution in [0.4, 0.5) is 0 Å². The zero-order valence-corrected chi connectivity index (χ0v) is 29.1. The Labute approximate surface area is 265 Å². The van der Waals surface area contributed by atoms with Gasteiger partial charge in [-0.25, -0.2) is 0 Å². The van der Waals surface area contributed by atoms with Crippen molar-refractivity contribution in [2.45, 2.75) is 25.0 Å². The Kier molecular flexibility index (Phi) is 9.40. The van der Waals surface area contributed by atoms with E-state index in [1.54, 1.807) is 0 Å². The second kappa shape index (κ2) is 12.3. The molecule has 0 saturated carbocycles. The molecule has 6 rings (SSSR count). The average Bonchev–Trinajstić information content (AvgIpc) is 2.97. The van der Waals surface area contributed by atoms with Gasteiger partial charge in [0.05, 0.1) is 36.2 Å². The topological polar surface area (TPSA) is 41.1 Å². The third kappa shape index (κ3) is 9.89. The summed E-state index contributed by atoms with van der Waals surface area (Å²) >= 11 is 0. The van der Waals surface area contributed by atoms with Crippen molar-refractivity contribution >= 4 is 80.6 Å². The summed E-state index contributed by atoms with van der Waals surface area (Å²) in [4.78, 5) is 0. The van der Waals surface area contributed by atoms with Gasteiger partial charge in [0.25, 0.3) is 11.6 Å². The van der Waals surface area contributed by atoms with Crippen molar-refractivity contribution in [2.24, 2.45) is 0 Å². The van der Waals surface area contributed by atoms with Crippen molar-refractivity contribution in [3.8, 4) is 0 Å². The van der Waals surface area contributed by atoms with E-state index in [0.717, 1.165) is 33.8 Å². The number of halogens is 6. The molecule has 0 bridgehead atoms. The van der Waals surface area contributed by atoms with E-state index in [9.17, 15) is 0 Å². The van der Waals surface area contributed by atoms with Crippen LogP contribution in [0.25, 0.3) is 0 Å². The summed E-state index contributed by atoms with van der Waals surface area (Å²) in [5.41, 5.74) is 4.10. The molecule has 2 aliphatic rings. The molecule has 4 aromatic rings. The molecule has 12 heteroatoms. The second-order valence-electron chi connectivity index (χ2n) is 9.83. The molecule has 220 valence electrons. The monoisotopic (exact) mass is 792 g/mol. The number of rotatable bonds is 4.